The number of anilines is 1. The molecule has 1 aliphatic heterocycles. The smallest absolute Gasteiger partial charge is 0.234 e. The molecule has 88 valence electrons. The van der Waals surface area contributed by atoms with E-state index in [2.05, 4.69) is 36.5 Å². The summed E-state index contributed by atoms with van der Waals surface area (Å²) in [7, 11) is 0. The van der Waals surface area contributed by atoms with Gasteiger partial charge in [-0.25, -0.2) is 9.97 Å². The van der Waals surface area contributed by atoms with E-state index in [0.717, 1.165) is 23.0 Å². The molecule has 3 heteroatoms. The second kappa shape index (κ2) is 4.19. The first-order chi connectivity index (χ1) is 7.99. The Labute approximate surface area is 102 Å². The number of hydrogen-bond donors (Lipinski definition) is 0. The van der Waals surface area contributed by atoms with Crippen molar-refractivity contribution in [1.82, 2.24) is 9.97 Å². The molecule has 0 aliphatic carbocycles. The quantitative estimate of drug-likeness (QED) is 0.689. The predicted molar refractivity (Wildman–Crippen MR) is 69.6 cm³/mol. The zero-order chi connectivity index (χ0) is 12.6. The van der Waals surface area contributed by atoms with Gasteiger partial charge in [0.25, 0.3) is 0 Å². The van der Waals surface area contributed by atoms with Gasteiger partial charge in [0, 0.05) is 17.1 Å². The van der Waals surface area contributed by atoms with Crippen LogP contribution in [0.3, 0.4) is 0 Å². The lowest BCUT2D eigenvalue weighted by Crippen LogP contribution is -2.20. The maximum Gasteiger partial charge on any atom is 0.234 e. The number of hydrogen-bond acceptors (Lipinski definition) is 3. The first-order valence-electron chi connectivity index (χ1n) is 5.72. The summed E-state index contributed by atoms with van der Waals surface area (Å²) in [5, 5.41) is 0. The topological polar surface area (TPSA) is 29.0 Å². The van der Waals surface area contributed by atoms with Crippen LogP contribution < -0.4 is 4.90 Å². The summed E-state index contributed by atoms with van der Waals surface area (Å²) in [6.07, 6.45) is 1.91. The number of rotatable bonds is 1. The fraction of sp³-hybridized carbons (Fsp3) is 0.357. The van der Waals surface area contributed by atoms with Gasteiger partial charge in [-0.2, -0.15) is 0 Å². The fourth-order valence-corrected chi connectivity index (χ4v) is 1.84. The van der Waals surface area contributed by atoms with Crippen molar-refractivity contribution in [3.63, 3.8) is 0 Å². The van der Waals surface area contributed by atoms with Crippen molar-refractivity contribution in [3.8, 4) is 0 Å². The average molecular weight is 227 g/mol. The van der Waals surface area contributed by atoms with Gasteiger partial charge < -0.3 is 0 Å². The van der Waals surface area contributed by atoms with E-state index in [1.165, 1.54) is 11.1 Å². The van der Waals surface area contributed by atoms with Crippen LogP contribution in [0.5, 0.6) is 0 Å². The largest absolute Gasteiger partial charge is 0.282 e. The monoisotopic (exact) mass is 227 g/mol. The van der Waals surface area contributed by atoms with E-state index in [1.54, 1.807) is 0 Å². The zero-order valence-electron chi connectivity index (χ0n) is 11.0. The summed E-state index contributed by atoms with van der Waals surface area (Å²) in [5.74, 6) is 0.722. The second-order valence-corrected chi connectivity index (χ2v) is 4.43. The van der Waals surface area contributed by atoms with Crippen LogP contribution in [0.25, 0.3) is 0 Å². The van der Waals surface area contributed by atoms with Gasteiger partial charge in [0.2, 0.25) is 5.95 Å². The summed E-state index contributed by atoms with van der Waals surface area (Å²) < 4.78 is 0. The van der Waals surface area contributed by atoms with Gasteiger partial charge >= 0.3 is 0 Å². The Kier molecular flexibility index (Phi) is 2.86. The lowest BCUT2D eigenvalue weighted by molar-refractivity contribution is 0.956. The molecule has 17 heavy (non-hydrogen) atoms. The van der Waals surface area contributed by atoms with Gasteiger partial charge in [-0.3, -0.25) is 4.90 Å². The molecule has 1 aromatic rings. The van der Waals surface area contributed by atoms with E-state index in [0.29, 0.717) is 0 Å². The molecule has 0 saturated carbocycles. The molecule has 0 atom stereocenters. The maximum absolute atomic E-state index is 4.47. The Morgan fingerprint density at radius 2 is 1.59 bits per heavy atom. The molecule has 0 fully saturated rings. The van der Waals surface area contributed by atoms with Crippen molar-refractivity contribution in [3.05, 3.63) is 46.2 Å². The van der Waals surface area contributed by atoms with Crippen molar-refractivity contribution in [2.45, 2.75) is 34.6 Å². The highest BCUT2D eigenvalue weighted by Gasteiger charge is 2.15. The Hall–Kier alpha value is -1.86. The molecular formula is C14H17N3. The summed E-state index contributed by atoms with van der Waals surface area (Å²) in [4.78, 5) is 10.9. The Morgan fingerprint density at radius 1 is 1.00 bits per heavy atom. The first kappa shape index (κ1) is 11.6. The predicted octanol–water partition coefficient (Wildman–Crippen LogP) is 3.27. The number of aromatic nitrogens is 2. The van der Waals surface area contributed by atoms with Gasteiger partial charge in [0.15, 0.2) is 0 Å². The highest BCUT2D eigenvalue weighted by Crippen LogP contribution is 2.24. The first-order valence-corrected chi connectivity index (χ1v) is 5.72. The highest BCUT2D eigenvalue weighted by atomic mass is 15.2. The van der Waals surface area contributed by atoms with Crippen molar-refractivity contribution >= 4 is 5.95 Å². The van der Waals surface area contributed by atoms with E-state index in [9.17, 15) is 0 Å². The summed E-state index contributed by atoms with van der Waals surface area (Å²) in [5.41, 5.74) is 8.76. The van der Waals surface area contributed by atoms with Crippen LogP contribution in [0.15, 0.2) is 34.8 Å². The van der Waals surface area contributed by atoms with Crippen molar-refractivity contribution in [2.24, 2.45) is 0 Å². The van der Waals surface area contributed by atoms with Crippen LogP contribution in [-0.4, -0.2) is 9.97 Å². The zero-order valence-corrected chi connectivity index (χ0v) is 11.0. The van der Waals surface area contributed by atoms with Crippen molar-refractivity contribution < 1.29 is 0 Å². The summed E-state index contributed by atoms with van der Waals surface area (Å²) in [6, 6.07) is 1.98. The molecule has 3 nitrogen and oxygen atoms in total. The number of nitrogens with zero attached hydrogens (tertiary/aromatic N) is 3. The van der Waals surface area contributed by atoms with E-state index < -0.39 is 0 Å². The molecular weight excluding hydrogens is 210 g/mol. The van der Waals surface area contributed by atoms with Crippen LogP contribution in [0.2, 0.25) is 0 Å². The van der Waals surface area contributed by atoms with Crippen LogP contribution in [0.1, 0.15) is 32.2 Å². The normalized spacial score (nSPS) is 15.4. The molecule has 1 aromatic heterocycles. The van der Waals surface area contributed by atoms with Gasteiger partial charge in [0.1, 0.15) is 0 Å². The molecule has 0 aromatic carbocycles. The van der Waals surface area contributed by atoms with Gasteiger partial charge in [-0.15, -0.1) is 0 Å². The van der Waals surface area contributed by atoms with E-state index in [-0.39, 0.29) is 0 Å². The van der Waals surface area contributed by atoms with E-state index in [4.69, 9.17) is 0 Å². The summed E-state index contributed by atoms with van der Waals surface area (Å²) in [6.45, 7) is 10.2. The lowest BCUT2D eigenvalue weighted by atomic mass is 10.1. The average Bonchev–Trinajstić information content (AvgIpc) is 2.24. The van der Waals surface area contributed by atoms with Crippen molar-refractivity contribution in [2.75, 3.05) is 4.90 Å². The van der Waals surface area contributed by atoms with Crippen LogP contribution >= 0.6 is 0 Å². The van der Waals surface area contributed by atoms with Crippen molar-refractivity contribution in [1.29, 1.82) is 0 Å². The van der Waals surface area contributed by atoms with E-state index >= 15 is 0 Å². The molecule has 0 amide bonds. The van der Waals surface area contributed by atoms with Crippen LogP contribution in [0.4, 0.5) is 5.95 Å². The SMILES string of the molecule is CC1=C=CN(c2nc(C)cc(C)n2)C(C)=C1C. The Morgan fingerprint density at radius 3 is 2.18 bits per heavy atom. The van der Waals surface area contributed by atoms with Crippen LogP contribution in [-0.2, 0) is 0 Å². The Balaban J connectivity index is 2.53. The van der Waals surface area contributed by atoms with Crippen LogP contribution in [0, 0.1) is 13.8 Å². The minimum atomic E-state index is 0.722. The molecule has 2 rings (SSSR count). The second-order valence-electron chi connectivity index (χ2n) is 4.43. The summed E-state index contributed by atoms with van der Waals surface area (Å²) >= 11 is 0. The Bertz CT molecular complexity index is 541. The van der Waals surface area contributed by atoms with Gasteiger partial charge in [0.05, 0.1) is 6.20 Å². The van der Waals surface area contributed by atoms with Gasteiger partial charge in [-0.1, -0.05) is 5.73 Å². The minimum Gasteiger partial charge on any atom is -0.282 e. The van der Waals surface area contributed by atoms with Gasteiger partial charge in [-0.05, 0) is 51.8 Å². The molecule has 0 saturated heterocycles. The maximum atomic E-state index is 4.47. The third-order valence-corrected chi connectivity index (χ3v) is 3.06. The molecule has 0 unspecified atom stereocenters. The molecule has 0 bridgehead atoms. The number of allylic oxidation sites excluding steroid dienone is 3. The molecule has 0 spiro atoms. The molecule has 2 heterocycles. The minimum absolute atomic E-state index is 0.722. The lowest BCUT2D eigenvalue weighted by Gasteiger charge is -2.23. The standard InChI is InChI=1S/C14H17N3/c1-9-6-7-17(13(5)12(9)4)14-15-10(2)8-11(3)16-14/h7-8H,1-5H3. The number of aryl methyl sites for hydroxylation is 2. The third-order valence-electron chi connectivity index (χ3n) is 3.06. The molecule has 1 aliphatic rings. The fourth-order valence-electron chi connectivity index (χ4n) is 1.84. The van der Waals surface area contributed by atoms with E-state index in [1.807, 2.05) is 31.0 Å². The highest BCUT2D eigenvalue weighted by molar-refractivity contribution is 5.52. The third kappa shape index (κ3) is 2.15. The molecule has 0 N–H and O–H groups in total. The molecule has 0 radical (unpaired) electrons.